The molecule has 1 heterocycles. The van der Waals surface area contributed by atoms with Crippen LogP contribution in [0.5, 0.6) is 17.5 Å². The van der Waals surface area contributed by atoms with Crippen LogP contribution in [-0.2, 0) is 17.9 Å². The second-order valence-electron chi connectivity index (χ2n) is 8.61. The third-order valence-corrected chi connectivity index (χ3v) is 6.12. The van der Waals surface area contributed by atoms with Gasteiger partial charge < -0.3 is 14.9 Å². The molecular weight excluding hydrogens is 471 g/mol. The smallest absolute Gasteiger partial charge is 0.193 e. The highest BCUT2D eigenvalue weighted by Gasteiger charge is 2.22. The van der Waals surface area contributed by atoms with E-state index >= 15 is 0 Å². The summed E-state index contributed by atoms with van der Waals surface area (Å²) in [5.74, 6) is -0.489. The van der Waals surface area contributed by atoms with Gasteiger partial charge in [0.2, 0.25) is 0 Å². The molecule has 0 saturated heterocycles. The van der Waals surface area contributed by atoms with Crippen LogP contribution in [0.15, 0.2) is 54.6 Å². The first-order chi connectivity index (χ1) is 16.8. The Morgan fingerprint density at radius 1 is 1.11 bits per heavy atom. The van der Waals surface area contributed by atoms with Gasteiger partial charge in [-0.25, -0.2) is 4.39 Å². The van der Waals surface area contributed by atoms with E-state index < -0.39 is 5.82 Å². The van der Waals surface area contributed by atoms with Crippen molar-refractivity contribution < 1.29 is 24.1 Å². The zero-order chi connectivity index (χ0) is 25.4. The van der Waals surface area contributed by atoms with Crippen molar-refractivity contribution in [3.8, 4) is 17.5 Å². The number of aromatic hydroxyl groups is 2. The molecule has 6 nitrogen and oxygen atoms in total. The normalized spacial score (nSPS) is 12.1. The van der Waals surface area contributed by atoms with E-state index in [4.69, 9.17) is 16.3 Å². The van der Waals surface area contributed by atoms with Gasteiger partial charge in [-0.05, 0) is 55.3 Å². The highest BCUT2D eigenvalue weighted by atomic mass is 35.5. The van der Waals surface area contributed by atoms with E-state index in [-0.39, 0.29) is 42.5 Å². The SMILES string of the molecule is CCCCN(Cc1ccc(OCCn2c(O)ccc2O)c(F)c1)C(CC(C)=O)c1ccc(Cl)cc1. The summed E-state index contributed by atoms with van der Waals surface area (Å²) in [6.45, 7) is 5.18. The van der Waals surface area contributed by atoms with Gasteiger partial charge in [0.05, 0.1) is 6.54 Å². The summed E-state index contributed by atoms with van der Waals surface area (Å²) in [6, 6.07) is 15.0. The van der Waals surface area contributed by atoms with Crippen molar-refractivity contribution in [2.45, 2.75) is 52.2 Å². The summed E-state index contributed by atoms with van der Waals surface area (Å²) in [6.07, 6.45) is 2.30. The van der Waals surface area contributed by atoms with Crippen LogP contribution in [0, 0.1) is 5.82 Å². The van der Waals surface area contributed by atoms with Gasteiger partial charge in [0.25, 0.3) is 0 Å². The van der Waals surface area contributed by atoms with Crippen LogP contribution in [-0.4, -0.2) is 38.6 Å². The highest BCUT2D eigenvalue weighted by molar-refractivity contribution is 6.30. The van der Waals surface area contributed by atoms with Crippen LogP contribution in [0.4, 0.5) is 4.39 Å². The van der Waals surface area contributed by atoms with Gasteiger partial charge in [0.1, 0.15) is 12.4 Å². The molecule has 1 unspecified atom stereocenters. The molecule has 3 rings (SSSR count). The molecule has 35 heavy (non-hydrogen) atoms. The molecule has 188 valence electrons. The van der Waals surface area contributed by atoms with Crippen molar-refractivity contribution in [3.63, 3.8) is 0 Å². The van der Waals surface area contributed by atoms with Crippen LogP contribution >= 0.6 is 11.6 Å². The number of rotatable bonds is 13. The summed E-state index contributed by atoms with van der Waals surface area (Å²) in [7, 11) is 0. The average molecular weight is 503 g/mol. The number of carbonyl (C=O) groups excluding carboxylic acids is 1. The fraction of sp³-hybridized carbons (Fsp3) is 0.370. The van der Waals surface area contributed by atoms with Crippen molar-refractivity contribution in [3.05, 3.63) is 76.6 Å². The van der Waals surface area contributed by atoms with Crippen LogP contribution < -0.4 is 4.74 Å². The Morgan fingerprint density at radius 2 is 1.80 bits per heavy atom. The Balaban J connectivity index is 1.73. The van der Waals surface area contributed by atoms with E-state index in [0.717, 1.165) is 30.5 Å². The largest absolute Gasteiger partial charge is 0.494 e. The number of aromatic nitrogens is 1. The minimum absolute atomic E-state index is 0.0753. The lowest BCUT2D eigenvalue weighted by Gasteiger charge is -2.32. The van der Waals surface area contributed by atoms with Gasteiger partial charge in [0, 0.05) is 36.2 Å². The van der Waals surface area contributed by atoms with E-state index in [0.29, 0.717) is 18.0 Å². The molecule has 0 fully saturated rings. The molecule has 3 aromatic rings. The average Bonchev–Trinajstić information content (AvgIpc) is 3.14. The zero-order valence-electron chi connectivity index (χ0n) is 20.1. The van der Waals surface area contributed by atoms with E-state index in [9.17, 15) is 19.4 Å². The predicted octanol–water partition coefficient (Wildman–Crippen LogP) is 6.09. The molecule has 0 amide bonds. The number of ketones is 1. The third-order valence-electron chi connectivity index (χ3n) is 5.86. The summed E-state index contributed by atoms with van der Waals surface area (Å²) in [4.78, 5) is 14.3. The molecule has 1 aromatic heterocycles. The molecule has 2 aromatic carbocycles. The molecule has 0 spiro atoms. The first-order valence-electron chi connectivity index (χ1n) is 11.8. The quantitative estimate of drug-likeness (QED) is 0.295. The van der Waals surface area contributed by atoms with Crippen molar-refractivity contribution in [2.75, 3.05) is 13.2 Å². The molecule has 2 N–H and O–H groups in total. The molecule has 0 aliphatic heterocycles. The van der Waals surface area contributed by atoms with E-state index in [1.165, 1.54) is 22.8 Å². The van der Waals surface area contributed by atoms with Crippen LogP contribution in [0.1, 0.15) is 50.3 Å². The molecule has 1 atom stereocenters. The van der Waals surface area contributed by atoms with Crippen LogP contribution in [0.25, 0.3) is 0 Å². The predicted molar refractivity (Wildman–Crippen MR) is 134 cm³/mol. The van der Waals surface area contributed by atoms with Crippen LogP contribution in [0.2, 0.25) is 5.02 Å². The van der Waals surface area contributed by atoms with Gasteiger partial charge in [-0.3, -0.25) is 14.3 Å². The maximum absolute atomic E-state index is 14.8. The molecule has 0 aliphatic carbocycles. The Morgan fingerprint density at radius 3 is 2.40 bits per heavy atom. The number of benzene rings is 2. The maximum atomic E-state index is 14.8. The number of hydrogen-bond acceptors (Lipinski definition) is 5. The van der Waals surface area contributed by atoms with Crippen molar-refractivity contribution in [1.29, 1.82) is 0 Å². The Labute approximate surface area is 210 Å². The number of carbonyl (C=O) groups is 1. The summed E-state index contributed by atoms with van der Waals surface area (Å²) < 4.78 is 21.6. The van der Waals surface area contributed by atoms with E-state index in [1.807, 2.05) is 30.3 Å². The Hall–Kier alpha value is -3.03. The first-order valence-corrected chi connectivity index (χ1v) is 12.1. The molecule has 0 bridgehead atoms. The van der Waals surface area contributed by atoms with Gasteiger partial charge in [-0.2, -0.15) is 0 Å². The van der Waals surface area contributed by atoms with Gasteiger partial charge in [-0.15, -0.1) is 0 Å². The molecule has 8 heteroatoms. The molecule has 0 aliphatic rings. The second kappa shape index (κ2) is 12.6. The van der Waals surface area contributed by atoms with Crippen molar-refractivity contribution in [1.82, 2.24) is 9.47 Å². The van der Waals surface area contributed by atoms with Crippen LogP contribution in [0.3, 0.4) is 0 Å². The lowest BCUT2D eigenvalue weighted by atomic mass is 9.98. The standard InChI is InChI=1S/C27H32ClFN2O4/c1-3-4-13-30(24(16-19(2)32)21-6-8-22(28)9-7-21)18-20-5-10-25(23(29)17-20)35-15-14-31-26(33)11-12-27(31)34/h5-12,17,24,33-34H,3-4,13-16,18H2,1-2H3. The number of nitrogens with zero attached hydrogens (tertiary/aromatic N) is 2. The number of hydrogen-bond donors (Lipinski definition) is 2. The minimum Gasteiger partial charge on any atom is -0.494 e. The summed E-state index contributed by atoms with van der Waals surface area (Å²) in [5.41, 5.74) is 1.77. The lowest BCUT2D eigenvalue weighted by Crippen LogP contribution is -2.31. The fourth-order valence-electron chi connectivity index (χ4n) is 4.04. The maximum Gasteiger partial charge on any atom is 0.193 e. The van der Waals surface area contributed by atoms with E-state index in [1.54, 1.807) is 13.0 Å². The number of halogens is 2. The molecular formula is C27H32ClFN2O4. The Kier molecular flexibility index (Phi) is 9.57. The third kappa shape index (κ3) is 7.47. The number of ether oxygens (including phenoxy) is 1. The van der Waals surface area contributed by atoms with Gasteiger partial charge in [0.15, 0.2) is 23.3 Å². The lowest BCUT2D eigenvalue weighted by molar-refractivity contribution is -0.118. The van der Waals surface area contributed by atoms with Crippen molar-refractivity contribution in [2.24, 2.45) is 0 Å². The summed E-state index contributed by atoms with van der Waals surface area (Å²) in [5, 5.41) is 20.0. The van der Waals surface area contributed by atoms with E-state index in [2.05, 4.69) is 11.8 Å². The first kappa shape index (κ1) is 26.6. The van der Waals surface area contributed by atoms with Crippen molar-refractivity contribution >= 4 is 17.4 Å². The minimum atomic E-state index is -0.492. The number of unbranched alkanes of at least 4 members (excludes halogenated alkanes) is 1. The monoisotopic (exact) mass is 502 g/mol. The van der Waals surface area contributed by atoms with Gasteiger partial charge in [-0.1, -0.05) is 43.1 Å². The Bertz CT molecular complexity index is 1100. The zero-order valence-corrected chi connectivity index (χ0v) is 20.8. The van der Waals surface area contributed by atoms with Gasteiger partial charge >= 0.3 is 0 Å². The molecule has 0 radical (unpaired) electrons. The highest BCUT2D eigenvalue weighted by Crippen LogP contribution is 2.29. The summed E-state index contributed by atoms with van der Waals surface area (Å²) >= 11 is 6.07. The number of Topliss-reactive ketones (excluding diaryl/α,β-unsaturated/α-hetero) is 1. The fourth-order valence-corrected chi connectivity index (χ4v) is 4.16. The topological polar surface area (TPSA) is 74.9 Å². The second-order valence-corrected chi connectivity index (χ2v) is 9.05. The molecule has 0 saturated carbocycles.